The molecule has 0 fully saturated rings. The lowest BCUT2D eigenvalue weighted by Gasteiger charge is -2.15. The Kier molecular flexibility index (Phi) is 5.21. The Morgan fingerprint density at radius 3 is 1.82 bits per heavy atom. The zero-order chi connectivity index (χ0) is 20.4. The van der Waals surface area contributed by atoms with Gasteiger partial charge in [-0.05, 0) is 12.1 Å². The van der Waals surface area contributed by atoms with E-state index in [9.17, 15) is 9.90 Å². The first-order valence-electron chi connectivity index (χ1n) is 8.21. The third-order valence-corrected chi connectivity index (χ3v) is 4.29. The number of ether oxygens (including phenoxy) is 5. The van der Waals surface area contributed by atoms with Crippen LogP contribution in [0.2, 0.25) is 0 Å². The van der Waals surface area contributed by atoms with Gasteiger partial charge < -0.3 is 33.2 Å². The van der Waals surface area contributed by atoms with Crippen molar-refractivity contribution in [3.05, 3.63) is 34.5 Å². The van der Waals surface area contributed by atoms with Crippen molar-refractivity contribution in [3.8, 4) is 45.8 Å². The fourth-order valence-corrected chi connectivity index (χ4v) is 2.96. The summed E-state index contributed by atoms with van der Waals surface area (Å²) in [7, 11) is 7.19. The van der Waals surface area contributed by atoms with Crippen LogP contribution in [0.5, 0.6) is 34.5 Å². The zero-order valence-electron chi connectivity index (χ0n) is 16.1. The van der Waals surface area contributed by atoms with Crippen LogP contribution in [0.25, 0.3) is 22.3 Å². The maximum Gasteiger partial charge on any atom is 0.204 e. The highest BCUT2D eigenvalue weighted by molar-refractivity contribution is 5.90. The molecule has 0 saturated carbocycles. The Bertz CT molecular complexity index is 1060. The predicted octanol–water partition coefficient (Wildman–Crippen LogP) is 3.21. The number of hydrogen-bond donors (Lipinski definition) is 1. The average Bonchev–Trinajstić information content (AvgIpc) is 2.72. The van der Waals surface area contributed by atoms with Crippen LogP contribution in [0.3, 0.4) is 0 Å². The molecule has 0 radical (unpaired) electrons. The molecule has 0 aliphatic carbocycles. The average molecular weight is 388 g/mol. The van der Waals surface area contributed by atoms with E-state index in [1.54, 1.807) is 18.2 Å². The van der Waals surface area contributed by atoms with Gasteiger partial charge in [0.1, 0.15) is 16.7 Å². The van der Waals surface area contributed by atoms with Gasteiger partial charge in [0.15, 0.2) is 28.4 Å². The summed E-state index contributed by atoms with van der Waals surface area (Å²) in [6, 6.07) is 5.96. The van der Waals surface area contributed by atoms with Crippen molar-refractivity contribution < 1.29 is 33.2 Å². The van der Waals surface area contributed by atoms with E-state index >= 15 is 0 Å². The van der Waals surface area contributed by atoms with Crippen LogP contribution in [-0.4, -0.2) is 40.7 Å². The zero-order valence-corrected chi connectivity index (χ0v) is 16.1. The summed E-state index contributed by atoms with van der Waals surface area (Å²) in [5, 5.41) is 10.3. The van der Waals surface area contributed by atoms with E-state index in [1.165, 1.54) is 41.6 Å². The highest BCUT2D eigenvalue weighted by Crippen LogP contribution is 2.44. The first-order valence-corrected chi connectivity index (χ1v) is 8.21. The molecule has 28 heavy (non-hydrogen) atoms. The van der Waals surface area contributed by atoms with Crippen LogP contribution < -0.4 is 29.1 Å². The van der Waals surface area contributed by atoms with Crippen molar-refractivity contribution in [2.24, 2.45) is 0 Å². The van der Waals surface area contributed by atoms with Crippen LogP contribution in [0.15, 0.2) is 33.5 Å². The second-order valence-electron chi connectivity index (χ2n) is 5.72. The van der Waals surface area contributed by atoms with Crippen LogP contribution in [0.1, 0.15) is 0 Å². The maximum atomic E-state index is 12.8. The van der Waals surface area contributed by atoms with Crippen molar-refractivity contribution in [1.82, 2.24) is 0 Å². The van der Waals surface area contributed by atoms with E-state index in [4.69, 9.17) is 28.1 Å². The van der Waals surface area contributed by atoms with Gasteiger partial charge in [-0.1, -0.05) is 0 Å². The van der Waals surface area contributed by atoms with Crippen molar-refractivity contribution in [3.63, 3.8) is 0 Å². The molecule has 1 heterocycles. The molecule has 148 valence electrons. The summed E-state index contributed by atoms with van der Waals surface area (Å²) in [5.74, 6) is 1.34. The number of phenolic OH excluding ortho intramolecular Hbond substituents is 1. The number of rotatable bonds is 6. The van der Waals surface area contributed by atoms with Gasteiger partial charge in [0.2, 0.25) is 11.5 Å². The third-order valence-electron chi connectivity index (χ3n) is 4.29. The lowest BCUT2D eigenvalue weighted by Crippen LogP contribution is -2.05. The Morgan fingerprint density at radius 2 is 1.32 bits per heavy atom. The molecule has 0 saturated heterocycles. The molecule has 3 aromatic rings. The number of hydrogen-bond acceptors (Lipinski definition) is 8. The summed E-state index contributed by atoms with van der Waals surface area (Å²) in [5.41, 5.74) is 0.405. The highest BCUT2D eigenvalue weighted by Gasteiger charge is 2.21. The minimum absolute atomic E-state index is 0.148. The second kappa shape index (κ2) is 7.59. The Balaban J connectivity index is 2.32. The molecule has 3 rings (SSSR count). The van der Waals surface area contributed by atoms with E-state index in [2.05, 4.69) is 0 Å². The number of phenols is 1. The molecule has 0 amide bonds. The van der Waals surface area contributed by atoms with Gasteiger partial charge in [0.25, 0.3) is 0 Å². The SMILES string of the molecule is COc1cc(-c2cc(=O)c3c(OC)c(OC)c(OC)cc3o2)cc(OC)c1O. The monoisotopic (exact) mass is 388 g/mol. The first kappa shape index (κ1) is 19.2. The lowest BCUT2D eigenvalue weighted by atomic mass is 10.1. The maximum absolute atomic E-state index is 12.8. The fourth-order valence-electron chi connectivity index (χ4n) is 2.96. The first-order chi connectivity index (χ1) is 13.5. The Hall–Kier alpha value is -3.55. The lowest BCUT2D eigenvalue weighted by molar-refractivity contribution is 0.326. The minimum Gasteiger partial charge on any atom is -0.502 e. The molecular weight excluding hydrogens is 368 g/mol. The van der Waals surface area contributed by atoms with Gasteiger partial charge in [0, 0.05) is 17.7 Å². The minimum atomic E-state index is -0.333. The summed E-state index contributed by atoms with van der Waals surface area (Å²) in [6.07, 6.45) is 0. The molecule has 0 atom stereocenters. The predicted molar refractivity (Wildman–Crippen MR) is 102 cm³/mol. The fraction of sp³-hybridized carbons (Fsp3) is 0.250. The summed E-state index contributed by atoms with van der Waals surface area (Å²) < 4.78 is 32.3. The number of fused-ring (bicyclic) bond motifs is 1. The number of methoxy groups -OCH3 is 5. The molecule has 0 bridgehead atoms. The van der Waals surface area contributed by atoms with Gasteiger partial charge in [0.05, 0.1) is 35.5 Å². The second-order valence-corrected chi connectivity index (χ2v) is 5.72. The highest BCUT2D eigenvalue weighted by atomic mass is 16.5. The van der Waals surface area contributed by atoms with E-state index in [0.29, 0.717) is 17.1 Å². The van der Waals surface area contributed by atoms with Crippen LogP contribution in [0.4, 0.5) is 0 Å². The molecule has 0 aliphatic rings. The van der Waals surface area contributed by atoms with Crippen molar-refractivity contribution >= 4 is 11.0 Å². The van der Waals surface area contributed by atoms with Crippen LogP contribution >= 0.6 is 0 Å². The van der Waals surface area contributed by atoms with Gasteiger partial charge in [-0.25, -0.2) is 0 Å². The molecule has 0 spiro atoms. The van der Waals surface area contributed by atoms with Crippen LogP contribution in [-0.2, 0) is 0 Å². The molecule has 1 N–H and O–H groups in total. The normalized spacial score (nSPS) is 10.6. The standard InChI is InChI=1S/C20H20O8/c1-23-14-6-10(7-15(24-2)18(14)22)12-8-11(21)17-13(28-12)9-16(25-3)19(26-4)20(17)27-5/h6-9,22H,1-5H3. The van der Waals surface area contributed by atoms with Crippen molar-refractivity contribution in [2.75, 3.05) is 35.5 Å². The topological polar surface area (TPSA) is 96.6 Å². The van der Waals surface area contributed by atoms with E-state index in [-0.39, 0.29) is 45.2 Å². The third kappa shape index (κ3) is 3.02. The number of aromatic hydroxyl groups is 1. The van der Waals surface area contributed by atoms with Gasteiger partial charge in [-0.3, -0.25) is 4.79 Å². The van der Waals surface area contributed by atoms with Gasteiger partial charge in [-0.2, -0.15) is 0 Å². The van der Waals surface area contributed by atoms with Gasteiger partial charge in [-0.15, -0.1) is 0 Å². The van der Waals surface area contributed by atoms with E-state index in [1.807, 2.05) is 0 Å². The molecular formula is C20H20O8. The Labute approximate surface area is 160 Å². The molecule has 8 nitrogen and oxygen atoms in total. The summed E-state index contributed by atoms with van der Waals surface area (Å²) in [4.78, 5) is 12.8. The summed E-state index contributed by atoms with van der Waals surface area (Å²) in [6.45, 7) is 0. The van der Waals surface area contributed by atoms with Crippen molar-refractivity contribution in [2.45, 2.75) is 0 Å². The van der Waals surface area contributed by atoms with Crippen molar-refractivity contribution in [1.29, 1.82) is 0 Å². The Morgan fingerprint density at radius 1 is 0.750 bits per heavy atom. The number of benzene rings is 2. The van der Waals surface area contributed by atoms with E-state index < -0.39 is 0 Å². The molecule has 0 unspecified atom stereocenters. The molecule has 0 aliphatic heterocycles. The van der Waals surface area contributed by atoms with E-state index in [0.717, 1.165) is 0 Å². The van der Waals surface area contributed by atoms with Crippen LogP contribution in [0, 0.1) is 0 Å². The molecule has 1 aromatic heterocycles. The largest absolute Gasteiger partial charge is 0.502 e. The molecule has 2 aromatic carbocycles. The summed E-state index contributed by atoms with van der Waals surface area (Å²) >= 11 is 0. The quantitative estimate of drug-likeness (QED) is 0.688. The van der Waals surface area contributed by atoms with Gasteiger partial charge >= 0.3 is 0 Å². The smallest absolute Gasteiger partial charge is 0.204 e. The molecule has 8 heteroatoms.